The van der Waals surface area contributed by atoms with Gasteiger partial charge in [-0.15, -0.1) is 0 Å². The van der Waals surface area contributed by atoms with Crippen LogP contribution in [0, 0.1) is 5.82 Å². The highest BCUT2D eigenvalue weighted by molar-refractivity contribution is 5.94. The van der Waals surface area contributed by atoms with Gasteiger partial charge in [0.05, 0.1) is 18.4 Å². The first-order valence-electron chi connectivity index (χ1n) is 8.38. The number of methoxy groups -OCH3 is 1. The third-order valence-electron chi connectivity index (χ3n) is 4.62. The van der Waals surface area contributed by atoms with E-state index >= 15 is 0 Å². The molecule has 6 nitrogen and oxygen atoms in total. The lowest BCUT2D eigenvalue weighted by molar-refractivity contribution is -0.116. The molecule has 1 unspecified atom stereocenters. The lowest BCUT2D eigenvalue weighted by Gasteiger charge is -2.25. The number of carbonyl (C=O) groups excluding carboxylic acids is 2. The summed E-state index contributed by atoms with van der Waals surface area (Å²) in [7, 11) is 1.33. The molecule has 1 N–H and O–H groups in total. The van der Waals surface area contributed by atoms with Crippen molar-refractivity contribution in [3.63, 3.8) is 0 Å². The molecule has 4 rings (SSSR count). The highest BCUT2D eigenvalue weighted by Gasteiger charge is 2.31. The Morgan fingerprint density at radius 3 is 2.56 bits per heavy atom. The SMILES string of the molecule is COC(=O)c1ccc(C2CC(=O)Nc3ncn(-c4ccc(F)cc4)c32)cc1. The van der Waals surface area contributed by atoms with Gasteiger partial charge < -0.3 is 14.6 Å². The van der Waals surface area contributed by atoms with Crippen molar-refractivity contribution < 1.29 is 18.7 Å². The molecule has 0 aliphatic carbocycles. The van der Waals surface area contributed by atoms with Gasteiger partial charge in [0.2, 0.25) is 5.91 Å². The van der Waals surface area contributed by atoms with Crippen LogP contribution in [0.4, 0.5) is 10.2 Å². The molecule has 0 saturated heterocycles. The molecule has 1 aliphatic rings. The summed E-state index contributed by atoms with van der Waals surface area (Å²) < 4.78 is 19.8. The van der Waals surface area contributed by atoms with Crippen molar-refractivity contribution >= 4 is 17.7 Å². The van der Waals surface area contributed by atoms with E-state index in [1.807, 2.05) is 4.57 Å². The Bertz CT molecular complexity index is 1010. The zero-order chi connectivity index (χ0) is 19.0. The van der Waals surface area contributed by atoms with Crippen LogP contribution in [0.25, 0.3) is 5.69 Å². The second-order valence-electron chi connectivity index (χ2n) is 6.24. The van der Waals surface area contributed by atoms with Gasteiger partial charge in [0, 0.05) is 18.0 Å². The Morgan fingerprint density at radius 2 is 1.89 bits per heavy atom. The van der Waals surface area contributed by atoms with Crippen LogP contribution in [-0.4, -0.2) is 28.5 Å². The van der Waals surface area contributed by atoms with Crippen LogP contribution in [-0.2, 0) is 9.53 Å². The summed E-state index contributed by atoms with van der Waals surface area (Å²) in [5.74, 6) is -0.629. The van der Waals surface area contributed by atoms with Crippen molar-refractivity contribution in [1.82, 2.24) is 9.55 Å². The molecule has 1 amide bonds. The Labute approximate surface area is 154 Å². The number of hydrogen-bond acceptors (Lipinski definition) is 4. The second kappa shape index (κ2) is 6.68. The minimum Gasteiger partial charge on any atom is -0.465 e. The average molecular weight is 365 g/mol. The van der Waals surface area contributed by atoms with E-state index < -0.39 is 5.97 Å². The van der Waals surface area contributed by atoms with Crippen molar-refractivity contribution in [1.29, 1.82) is 0 Å². The van der Waals surface area contributed by atoms with Crippen LogP contribution in [0.5, 0.6) is 0 Å². The molecule has 1 aromatic heterocycles. The molecule has 0 bridgehead atoms. The molecule has 3 aromatic rings. The predicted octanol–water partition coefficient (Wildman–Crippen LogP) is 3.27. The van der Waals surface area contributed by atoms with Gasteiger partial charge in [-0.2, -0.15) is 0 Å². The van der Waals surface area contributed by atoms with Crippen molar-refractivity contribution in [2.45, 2.75) is 12.3 Å². The molecule has 27 heavy (non-hydrogen) atoms. The molecular formula is C20H16FN3O3. The van der Waals surface area contributed by atoms with Gasteiger partial charge in [-0.05, 0) is 42.0 Å². The van der Waals surface area contributed by atoms with E-state index in [4.69, 9.17) is 4.74 Å². The number of benzene rings is 2. The van der Waals surface area contributed by atoms with Crippen molar-refractivity contribution in [3.05, 3.63) is 77.5 Å². The Morgan fingerprint density at radius 1 is 1.19 bits per heavy atom. The first-order valence-corrected chi connectivity index (χ1v) is 8.38. The summed E-state index contributed by atoms with van der Waals surface area (Å²) in [5.41, 5.74) is 2.88. The molecule has 0 spiro atoms. The Kier molecular flexibility index (Phi) is 4.19. The van der Waals surface area contributed by atoms with E-state index in [0.717, 1.165) is 16.9 Å². The van der Waals surface area contributed by atoms with Gasteiger partial charge in [0.15, 0.2) is 5.82 Å². The fourth-order valence-corrected chi connectivity index (χ4v) is 3.30. The number of hydrogen-bond donors (Lipinski definition) is 1. The quantitative estimate of drug-likeness (QED) is 0.723. The predicted molar refractivity (Wildman–Crippen MR) is 96.4 cm³/mol. The molecule has 2 aromatic carbocycles. The highest BCUT2D eigenvalue weighted by Crippen LogP contribution is 2.37. The number of rotatable bonds is 3. The van der Waals surface area contributed by atoms with Gasteiger partial charge in [0.1, 0.15) is 12.1 Å². The first-order chi connectivity index (χ1) is 13.1. The number of carbonyl (C=O) groups is 2. The zero-order valence-electron chi connectivity index (χ0n) is 14.5. The fraction of sp³-hybridized carbons (Fsp3) is 0.150. The lowest BCUT2D eigenvalue weighted by atomic mass is 9.89. The topological polar surface area (TPSA) is 73.2 Å². The average Bonchev–Trinajstić information content (AvgIpc) is 3.11. The van der Waals surface area contributed by atoms with Gasteiger partial charge in [0.25, 0.3) is 0 Å². The first kappa shape index (κ1) is 17.0. The van der Waals surface area contributed by atoms with Crippen LogP contribution in [0.3, 0.4) is 0 Å². The fourth-order valence-electron chi connectivity index (χ4n) is 3.30. The van der Waals surface area contributed by atoms with Crippen LogP contribution in [0.2, 0.25) is 0 Å². The maximum Gasteiger partial charge on any atom is 0.337 e. The van der Waals surface area contributed by atoms with E-state index in [2.05, 4.69) is 10.3 Å². The smallest absolute Gasteiger partial charge is 0.337 e. The largest absolute Gasteiger partial charge is 0.465 e. The van der Waals surface area contributed by atoms with E-state index in [0.29, 0.717) is 11.4 Å². The number of halogens is 1. The minimum atomic E-state index is -0.417. The van der Waals surface area contributed by atoms with Crippen LogP contribution < -0.4 is 5.32 Å². The summed E-state index contributed by atoms with van der Waals surface area (Å²) in [4.78, 5) is 28.1. The van der Waals surface area contributed by atoms with Crippen molar-refractivity contribution in [2.24, 2.45) is 0 Å². The van der Waals surface area contributed by atoms with E-state index in [-0.39, 0.29) is 24.1 Å². The molecule has 1 atom stereocenters. The Hall–Kier alpha value is -3.48. The molecule has 0 radical (unpaired) electrons. The zero-order valence-corrected chi connectivity index (χ0v) is 14.5. The van der Waals surface area contributed by atoms with Gasteiger partial charge in [-0.25, -0.2) is 14.2 Å². The van der Waals surface area contributed by atoms with E-state index in [1.54, 1.807) is 42.7 Å². The number of amides is 1. The van der Waals surface area contributed by atoms with Gasteiger partial charge >= 0.3 is 5.97 Å². The molecule has 0 fully saturated rings. The number of fused-ring (bicyclic) bond motifs is 1. The van der Waals surface area contributed by atoms with Crippen LogP contribution in [0.1, 0.15) is 34.0 Å². The molecule has 0 saturated carbocycles. The normalized spacial score (nSPS) is 15.8. The molecule has 7 heteroatoms. The molecule has 1 aliphatic heterocycles. The number of nitrogens with zero attached hydrogens (tertiary/aromatic N) is 2. The number of esters is 1. The number of imidazole rings is 1. The second-order valence-corrected chi connectivity index (χ2v) is 6.24. The number of anilines is 1. The van der Waals surface area contributed by atoms with E-state index in [9.17, 15) is 14.0 Å². The van der Waals surface area contributed by atoms with Crippen molar-refractivity contribution in [2.75, 3.05) is 12.4 Å². The van der Waals surface area contributed by atoms with Gasteiger partial charge in [-0.3, -0.25) is 4.79 Å². The van der Waals surface area contributed by atoms with Crippen LogP contribution in [0.15, 0.2) is 54.9 Å². The Balaban J connectivity index is 1.78. The summed E-state index contributed by atoms with van der Waals surface area (Å²) in [6.07, 6.45) is 1.86. The van der Waals surface area contributed by atoms with Gasteiger partial charge in [-0.1, -0.05) is 12.1 Å². The highest BCUT2D eigenvalue weighted by atomic mass is 19.1. The molecule has 2 heterocycles. The number of nitrogens with one attached hydrogen (secondary N) is 1. The lowest BCUT2D eigenvalue weighted by Crippen LogP contribution is -2.25. The molecule has 136 valence electrons. The molecular weight excluding hydrogens is 349 g/mol. The third kappa shape index (κ3) is 3.08. The van der Waals surface area contributed by atoms with Crippen molar-refractivity contribution in [3.8, 4) is 5.69 Å². The summed E-state index contributed by atoms with van der Waals surface area (Å²) in [6, 6.07) is 13.0. The monoisotopic (exact) mass is 365 g/mol. The summed E-state index contributed by atoms with van der Waals surface area (Å²) >= 11 is 0. The maximum absolute atomic E-state index is 13.3. The summed E-state index contributed by atoms with van der Waals surface area (Å²) in [6.45, 7) is 0. The number of aromatic nitrogens is 2. The maximum atomic E-state index is 13.3. The van der Waals surface area contributed by atoms with Crippen LogP contribution >= 0.6 is 0 Å². The minimum absolute atomic E-state index is 0.131. The summed E-state index contributed by atoms with van der Waals surface area (Å²) in [5, 5.41) is 2.78. The third-order valence-corrected chi connectivity index (χ3v) is 4.62. The standard InChI is InChI=1S/C20H16FN3O3/c1-27-20(26)13-4-2-12(3-5-13)16-10-17(25)23-19-18(16)24(11-22-19)15-8-6-14(21)7-9-15/h2-9,11,16H,10H2,1H3,(H,23,25). The van der Waals surface area contributed by atoms with E-state index in [1.165, 1.54) is 19.2 Å². The number of ether oxygens (including phenoxy) is 1.